The van der Waals surface area contributed by atoms with Crippen molar-refractivity contribution in [2.24, 2.45) is 0 Å². The van der Waals surface area contributed by atoms with Crippen LogP contribution in [0.3, 0.4) is 0 Å². The Bertz CT molecular complexity index is 873. The molecule has 2 aliphatic rings. The number of anilines is 1. The van der Waals surface area contributed by atoms with E-state index >= 15 is 0 Å². The maximum absolute atomic E-state index is 12.9. The van der Waals surface area contributed by atoms with Gasteiger partial charge in [0, 0.05) is 57.6 Å². The Morgan fingerprint density at radius 2 is 1.62 bits per heavy atom. The van der Waals surface area contributed by atoms with E-state index in [0.717, 1.165) is 51.3 Å². The summed E-state index contributed by atoms with van der Waals surface area (Å²) in [5.74, 6) is -0.223. The van der Waals surface area contributed by atoms with Crippen LogP contribution in [0.25, 0.3) is 0 Å². The van der Waals surface area contributed by atoms with Crippen molar-refractivity contribution in [1.82, 2.24) is 9.80 Å². The number of carbonyl (C=O) groups excluding carboxylic acids is 1. The molecule has 2 aromatic carbocycles. The highest BCUT2D eigenvalue weighted by Crippen LogP contribution is 2.28. The largest absolute Gasteiger partial charge is 0.369 e. The monoisotopic (exact) mass is 394 g/mol. The number of hydrogen-bond donors (Lipinski definition) is 0. The van der Waals surface area contributed by atoms with Gasteiger partial charge >= 0.3 is 0 Å². The zero-order chi connectivity index (χ0) is 20.2. The van der Waals surface area contributed by atoms with Crippen LogP contribution in [0.4, 0.5) is 11.4 Å². The third-order valence-electron chi connectivity index (χ3n) is 5.79. The van der Waals surface area contributed by atoms with Crippen molar-refractivity contribution in [3.05, 3.63) is 69.8 Å². The highest BCUT2D eigenvalue weighted by molar-refractivity contribution is 5.99. The van der Waals surface area contributed by atoms with Gasteiger partial charge < -0.3 is 9.80 Å². The average molecular weight is 394 g/mol. The van der Waals surface area contributed by atoms with Crippen LogP contribution in [0.1, 0.15) is 28.8 Å². The fourth-order valence-corrected chi connectivity index (χ4v) is 4.15. The van der Waals surface area contributed by atoms with Gasteiger partial charge in [-0.1, -0.05) is 30.3 Å². The summed E-state index contributed by atoms with van der Waals surface area (Å²) >= 11 is 0. The van der Waals surface area contributed by atoms with Crippen molar-refractivity contribution in [3.8, 4) is 0 Å². The van der Waals surface area contributed by atoms with Crippen molar-refractivity contribution in [2.75, 3.05) is 44.2 Å². The molecule has 0 bridgehead atoms. The third kappa shape index (κ3) is 4.40. The molecule has 2 fully saturated rings. The molecule has 2 aliphatic heterocycles. The van der Waals surface area contributed by atoms with E-state index in [1.165, 1.54) is 11.6 Å². The normalized spacial score (nSPS) is 17.5. The molecular formula is C22H26N4O3. The maximum Gasteiger partial charge on any atom is 0.282 e. The first-order chi connectivity index (χ1) is 14.1. The van der Waals surface area contributed by atoms with Crippen molar-refractivity contribution in [1.29, 1.82) is 0 Å². The Morgan fingerprint density at radius 1 is 0.931 bits per heavy atom. The molecule has 0 aromatic heterocycles. The number of carbonyl (C=O) groups is 1. The Kier molecular flexibility index (Phi) is 5.76. The lowest BCUT2D eigenvalue weighted by atomic mass is 10.1. The van der Waals surface area contributed by atoms with E-state index in [-0.39, 0.29) is 17.2 Å². The van der Waals surface area contributed by atoms with Gasteiger partial charge in [-0.15, -0.1) is 0 Å². The Labute approximate surface area is 170 Å². The van der Waals surface area contributed by atoms with E-state index in [9.17, 15) is 14.9 Å². The summed E-state index contributed by atoms with van der Waals surface area (Å²) in [6.07, 6.45) is 1.92. The van der Waals surface area contributed by atoms with Crippen LogP contribution in [-0.4, -0.2) is 59.9 Å². The van der Waals surface area contributed by atoms with E-state index in [4.69, 9.17) is 0 Å². The summed E-state index contributed by atoms with van der Waals surface area (Å²) in [7, 11) is 0. The van der Waals surface area contributed by atoms with Crippen molar-refractivity contribution >= 4 is 17.3 Å². The molecule has 1 amide bonds. The van der Waals surface area contributed by atoms with Gasteiger partial charge in [0.05, 0.1) is 4.92 Å². The summed E-state index contributed by atoms with van der Waals surface area (Å²) in [6.45, 7) is 5.79. The number of nitro benzene ring substituents is 1. The SMILES string of the molecule is O=C(c1cc(N2CCN(Cc3ccccc3)CC2)ccc1[N+](=O)[O-])N1CCCC1. The predicted molar refractivity (Wildman–Crippen MR) is 112 cm³/mol. The number of likely N-dealkylation sites (tertiary alicyclic amines) is 1. The van der Waals surface area contributed by atoms with Gasteiger partial charge in [-0.05, 0) is 30.5 Å². The fourth-order valence-electron chi connectivity index (χ4n) is 4.15. The molecule has 152 valence electrons. The summed E-state index contributed by atoms with van der Waals surface area (Å²) in [5.41, 5.74) is 2.29. The highest BCUT2D eigenvalue weighted by Gasteiger charge is 2.28. The summed E-state index contributed by atoms with van der Waals surface area (Å²) in [6, 6.07) is 15.4. The van der Waals surface area contributed by atoms with E-state index in [0.29, 0.717) is 13.1 Å². The molecule has 0 spiro atoms. The molecule has 0 radical (unpaired) electrons. The highest BCUT2D eigenvalue weighted by atomic mass is 16.6. The van der Waals surface area contributed by atoms with Crippen LogP contribution in [0.2, 0.25) is 0 Å². The van der Waals surface area contributed by atoms with Crippen LogP contribution in [-0.2, 0) is 6.54 Å². The van der Waals surface area contributed by atoms with Crippen LogP contribution < -0.4 is 4.90 Å². The lowest BCUT2D eigenvalue weighted by Crippen LogP contribution is -2.46. The molecule has 0 atom stereocenters. The second kappa shape index (κ2) is 8.61. The smallest absolute Gasteiger partial charge is 0.282 e. The van der Waals surface area contributed by atoms with Crippen molar-refractivity contribution < 1.29 is 9.72 Å². The quantitative estimate of drug-likeness (QED) is 0.576. The van der Waals surface area contributed by atoms with E-state index in [1.807, 2.05) is 6.07 Å². The van der Waals surface area contributed by atoms with Crippen molar-refractivity contribution in [3.63, 3.8) is 0 Å². The first-order valence-corrected chi connectivity index (χ1v) is 10.2. The molecule has 2 heterocycles. The van der Waals surface area contributed by atoms with Gasteiger partial charge in [-0.25, -0.2) is 0 Å². The minimum Gasteiger partial charge on any atom is -0.369 e. The summed E-state index contributed by atoms with van der Waals surface area (Å²) in [4.78, 5) is 30.2. The molecule has 2 saturated heterocycles. The second-order valence-corrected chi connectivity index (χ2v) is 7.71. The lowest BCUT2D eigenvalue weighted by Gasteiger charge is -2.36. The Hall–Kier alpha value is -2.93. The number of piperazine rings is 1. The maximum atomic E-state index is 12.9. The van der Waals surface area contributed by atoms with E-state index in [2.05, 4.69) is 34.1 Å². The first-order valence-electron chi connectivity index (χ1n) is 10.2. The predicted octanol–water partition coefficient (Wildman–Crippen LogP) is 3.15. The van der Waals surface area contributed by atoms with Gasteiger partial charge in [0.2, 0.25) is 0 Å². The molecule has 4 rings (SSSR count). The van der Waals surface area contributed by atoms with Gasteiger partial charge in [-0.3, -0.25) is 19.8 Å². The number of rotatable bonds is 5. The van der Waals surface area contributed by atoms with E-state index in [1.54, 1.807) is 17.0 Å². The second-order valence-electron chi connectivity index (χ2n) is 7.71. The number of benzene rings is 2. The summed E-state index contributed by atoms with van der Waals surface area (Å²) < 4.78 is 0. The first kappa shape index (κ1) is 19.4. The molecule has 0 N–H and O–H groups in total. The molecule has 7 heteroatoms. The Morgan fingerprint density at radius 3 is 2.28 bits per heavy atom. The number of amides is 1. The third-order valence-corrected chi connectivity index (χ3v) is 5.79. The minimum absolute atomic E-state index is 0.103. The molecule has 2 aromatic rings. The molecule has 0 aliphatic carbocycles. The average Bonchev–Trinajstić information content (AvgIpc) is 3.29. The topological polar surface area (TPSA) is 69.9 Å². The van der Waals surface area contributed by atoms with Gasteiger partial charge in [-0.2, -0.15) is 0 Å². The van der Waals surface area contributed by atoms with Crippen molar-refractivity contribution in [2.45, 2.75) is 19.4 Å². The molecule has 7 nitrogen and oxygen atoms in total. The standard InChI is InChI=1S/C22H26N4O3/c27-22(25-10-4-5-11-25)20-16-19(8-9-21(20)26(28)29)24-14-12-23(13-15-24)17-18-6-2-1-3-7-18/h1-3,6-9,16H,4-5,10-15,17H2. The molecular weight excluding hydrogens is 368 g/mol. The fraction of sp³-hybridized carbons (Fsp3) is 0.409. The van der Waals surface area contributed by atoms with E-state index < -0.39 is 4.92 Å². The Balaban J connectivity index is 1.47. The van der Waals surface area contributed by atoms with Gasteiger partial charge in [0.25, 0.3) is 11.6 Å². The molecule has 29 heavy (non-hydrogen) atoms. The van der Waals surface area contributed by atoms with Crippen LogP contribution >= 0.6 is 0 Å². The van der Waals surface area contributed by atoms with Crippen LogP contribution in [0, 0.1) is 10.1 Å². The number of nitro groups is 1. The zero-order valence-electron chi connectivity index (χ0n) is 16.5. The van der Waals surface area contributed by atoms with Gasteiger partial charge in [0.1, 0.15) is 5.56 Å². The minimum atomic E-state index is -0.453. The lowest BCUT2D eigenvalue weighted by molar-refractivity contribution is -0.385. The summed E-state index contributed by atoms with van der Waals surface area (Å²) in [5, 5.41) is 11.5. The number of hydrogen-bond acceptors (Lipinski definition) is 5. The van der Waals surface area contributed by atoms with Crippen LogP contribution in [0.15, 0.2) is 48.5 Å². The van der Waals surface area contributed by atoms with Gasteiger partial charge in [0.15, 0.2) is 0 Å². The van der Waals surface area contributed by atoms with Crippen LogP contribution in [0.5, 0.6) is 0 Å². The zero-order valence-corrected chi connectivity index (χ0v) is 16.5. The molecule has 0 saturated carbocycles. The molecule has 0 unspecified atom stereocenters. The number of nitrogens with zero attached hydrogens (tertiary/aromatic N) is 4.